The minimum absolute atomic E-state index is 0. The monoisotopic (exact) mass is 309 g/mol. The Morgan fingerprint density at radius 3 is 2.06 bits per heavy atom. The van der Waals surface area contributed by atoms with Gasteiger partial charge >= 0.3 is 37.4 Å². The van der Waals surface area contributed by atoms with Gasteiger partial charge in [-0.1, -0.05) is 23.2 Å². The number of non-ortho nitro benzene ring substituents is 1. The van der Waals surface area contributed by atoms with Crippen molar-refractivity contribution in [2.45, 2.75) is 0 Å². The van der Waals surface area contributed by atoms with Crippen molar-refractivity contribution in [3.8, 4) is 5.75 Å². The van der Waals surface area contributed by atoms with E-state index in [1.54, 1.807) is 0 Å². The van der Waals surface area contributed by atoms with Gasteiger partial charge in [0.25, 0.3) is 5.69 Å². The van der Waals surface area contributed by atoms with Crippen LogP contribution in [0.25, 0.3) is 0 Å². The zero-order valence-electron chi connectivity index (χ0n) is 8.29. The average Bonchev–Trinajstić information content (AvgIpc) is 2.09. The van der Waals surface area contributed by atoms with Gasteiger partial charge < -0.3 is 14.3 Å². The van der Waals surface area contributed by atoms with E-state index in [1.165, 1.54) is 0 Å². The molecule has 17 heavy (non-hydrogen) atoms. The molecule has 88 valence electrons. The first-order chi connectivity index (χ1) is 7.20. The molecular weight excluding hydrogens is 307 g/mol. The number of phosphoric ester groups is 1. The zero-order valence-corrected chi connectivity index (χ0v) is 12.7. The molecule has 1 aromatic rings. The Morgan fingerprint density at radius 1 is 1.35 bits per heavy atom. The summed E-state index contributed by atoms with van der Waals surface area (Å²) in [6.45, 7) is 0. The second-order valence-corrected chi connectivity index (χ2v) is 4.49. The van der Waals surface area contributed by atoms with Crippen molar-refractivity contribution in [3.63, 3.8) is 0 Å². The van der Waals surface area contributed by atoms with Crippen molar-refractivity contribution in [1.82, 2.24) is 0 Å². The van der Waals surface area contributed by atoms with Crippen LogP contribution in [0.4, 0.5) is 5.69 Å². The molecule has 0 amide bonds. The fourth-order valence-corrected chi connectivity index (χ4v) is 1.94. The molecule has 0 aliphatic carbocycles. The molecular formula is C6H3Cl2NNaO6P. The number of nitrogens with zero attached hydrogens (tertiary/aromatic N) is 1. The van der Waals surface area contributed by atoms with Crippen LogP contribution in [0.15, 0.2) is 12.1 Å². The van der Waals surface area contributed by atoms with Gasteiger partial charge in [0.05, 0.1) is 15.0 Å². The summed E-state index contributed by atoms with van der Waals surface area (Å²) in [5.74, 6) is -0.560. The van der Waals surface area contributed by atoms with Crippen LogP contribution in [0, 0.1) is 10.1 Å². The van der Waals surface area contributed by atoms with E-state index in [0.29, 0.717) is 0 Å². The van der Waals surface area contributed by atoms with E-state index in [4.69, 9.17) is 28.1 Å². The van der Waals surface area contributed by atoms with Crippen LogP contribution in [-0.4, -0.2) is 9.82 Å². The second-order valence-electron chi connectivity index (χ2n) is 2.56. The van der Waals surface area contributed by atoms with Crippen LogP contribution in [0.1, 0.15) is 0 Å². The predicted molar refractivity (Wildman–Crippen MR) is 53.6 cm³/mol. The van der Waals surface area contributed by atoms with Gasteiger partial charge in [-0.05, 0) is 0 Å². The summed E-state index contributed by atoms with van der Waals surface area (Å²) in [7, 11) is -5.07. The molecule has 0 aliphatic heterocycles. The van der Waals surface area contributed by atoms with Crippen LogP contribution < -0.4 is 39.0 Å². The summed E-state index contributed by atoms with van der Waals surface area (Å²) < 4.78 is 14.5. The summed E-state index contributed by atoms with van der Waals surface area (Å²) in [6.07, 6.45) is 0. The van der Waals surface area contributed by atoms with E-state index < -0.39 is 34.2 Å². The average molecular weight is 310 g/mol. The van der Waals surface area contributed by atoms with Gasteiger partial charge in [0.15, 0.2) is 5.75 Å². The smallest absolute Gasteiger partial charge is 0.746 e. The fraction of sp³-hybridized carbons (Fsp3) is 0. The van der Waals surface area contributed by atoms with Gasteiger partial charge in [-0.15, -0.1) is 0 Å². The zero-order chi connectivity index (χ0) is 12.5. The Bertz CT molecular complexity index is 468. The molecule has 0 heterocycles. The van der Waals surface area contributed by atoms with Crippen molar-refractivity contribution in [1.29, 1.82) is 0 Å². The maximum Gasteiger partial charge on any atom is 1.00 e. The number of nitro groups is 1. The Kier molecular flexibility index (Phi) is 6.41. The molecule has 7 nitrogen and oxygen atoms in total. The van der Waals surface area contributed by atoms with E-state index >= 15 is 0 Å². The summed E-state index contributed by atoms with van der Waals surface area (Å²) in [5, 5.41) is 9.59. The van der Waals surface area contributed by atoms with E-state index in [2.05, 4.69) is 4.52 Å². The maximum absolute atomic E-state index is 10.4. The molecule has 0 saturated heterocycles. The molecule has 1 unspecified atom stereocenters. The Hall–Kier alpha value is 0.150. The van der Waals surface area contributed by atoms with Crippen molar-refractivity contribution in [2.24, 2.45) is 0 Å². The molecule has 0 aromatic heterocycles. The van der Waals surface area contributed by atoms with Crippen LogP contribution in [0.2, 0.25) is 10.0 Å². The topological polar surface area (TPSA) is 113 Å². The van der Waals surface area contributed by atoms with Gasteiger partial charge in [0.1, 0.15) is 0 Å². The van der Waals surface area contributed by atoms with Crippen LogP contribution in [0.3, 0.4) is 0 Å². The van der Waals surface area contributed by atoms with E-state index in [0.717, 1.165) is 12.1 Å². The van der Waals surface area contributed by atoms with Crippen molar-refractivity contribution in [2.75, 3.05) is 0 Å². The molecule has 1 N–H and O–H groups in total. The summed E-state index contributed by atoms with van der Waals surface area (Å²) in [6, 6.07) is 1.69. The minimum Gasteiger partial charge on any atom is -0.746 e. The molecule has 1 atom stereocenters. The van der Waals surface area contributed by atoms with Gasteiger partial charge in [-0.25, -0.2) is 0 Å². The normalized spacial score (nSPS) is 13.4. The van der Waals surface area contributed by atoms with Crippen LogP contribution in [0.5, 0.6) is 5.75 Å². The number of hydrogen-bond donors (Lipinski definition) is 1. The number of benzene rings is 1. The molecule has 0 radical (unpaired) electrons. The summed E-state index contributed by atoms with van der Waals surface area (Å²) >= 11 is 11.0. The van der Waals surface area contributed by atoms with Gasteiger partial charge in [-0.3, -0.25) is 14.7 Å². The fourth-order valence-electron chi connectivity index (χ4n) is 0.854. The quantitative estimate of drug-likeness (QED) is 0.323. The minimum atomic E-state index is -5.07. The second kappa shape index (κ2) is 6.36. The van der Waals surface area contributed by atoms with Crippen LogP contribution in [-0.2, 0) is 4.57 Å². The largest absolute Gasteiger partial charge is 1.00 e. The van der Waals surface area contributed by atoms with Gasteiger partial charge in [-0.2, -0.15) is 0 Å². The molecule has 0 saturated carbocycles. The number of hydrogen-bond acceptors (Lipinski definition) is 5. The van der Waals surface area contributed by atoms with Crippen molar-refractivity contribution < 1.29 is 53.4 Å². The molecule has 1 rings (SSSR count). The third-order valence-electron chi connectivity index (χ3n) is 1.40. The third kappa shape index (κ3) is 5.11. The first-order valence-corrected chi connectivity index (χ1v) is 5.82. The van der Waals surface area contributed by atoms with Gasteiger partial charge in [0.2, 0.25) is 0 Å². The number of halogens is 2. The molecule has 11 heteroatoms. The molecule has 0 fully saturated rings. The van der Waals surface area contributed by atoms with Crippen LogP contribution >= 0.6 is 31.0 Å². The third-order valence-corrected chi connectivity index (χ3v) is 2.38. The molecule has 0 aliphatic rings. The maximum atomic E-state index is 10.4. The molecule has 0 spiro atoms. The Labute approximate surface area is 127 Å². The standard InChI is InChI=1S/C6H4Cl2NO6P.Na/c7-4-1-3(9(10)11)2-5(8)6(4)15-16(12,13)14;/h1-2H,(H2,12,13,14);/q;+1/p-1. The molecule has 0 bridgehead atoms. The predicted octanol–water partition coefficient (Wildman–Crippen LogP) is -1.25. The number of nitro benzene ring substituents is 1. The van der Waals surface area contributed by atoms with E-state index in [9.17, 15) is 19.6 Å². The summed E-state index contributed by atoms with van der Waals surface area (Å²) in [4.78, 5) is 28.5. The van der Waals surface area contributed by atoms with Crippen molar-refractivity contribution in [3.05, 3.63) is 32.3 Å². The Balaban J connectivity index is 0.00000256. The first kappa shape index (κ1) is 17.2. The molecule has 1 aromatic carbocycles. The SMILES string of the molecule is O=[N+]([O-])c1cc(Cl)c(OP(=O)([O-])O)c(Cl)c1.[Na+]. The summed E-state index contributed by atoms with van der Waals surface area (Å²) in [5.41, 5.74) is -0.430. The van der Waals surface area contributed by atoms with Gasteiger partial charge in [0, 0.05) is 12.1 Å². The Morgan fingerprint density at radius 2 is 1.76 bits per heavy atom. The van der Waals surface area contributed by atoms with E-state index in [1.807, 2.05) is 0 Å². The number of rotatable bonds is 3. The number of phosphoric acid groups is 1. The first-order valence-electron chi connectivity index (χ1n) is 3.57. The van der Waals surface area contributed by atoms with Crippen molar-refractivity contribution >= 4 is 36.7 Å². The van der Waals surface area contributed by atoms with E-state index in [-0.39, 0.29) is 29.6 Å².